The summed E-state index contributed by atoms with van der Waals surface area (Å²) in [7, 11) is -3.97. The number of aryl methyl sites for hydroxylation is 2. The van der Waals surface area contributed by atoms with Gasteiger partial charge in [0.2, 0.25) is 5.91 Å². The van der Waals surface area contributed by atoms with Crippen molar-refractivity contribution in [2.45, 2.75) is 31.5 Å². The van der Waals surface area contributed by atoms with Crippen LogP contribution < -0.4 is 15.4 Å². The van der Waals surface area contributed by atoms with E-state index in [1.165, 1.54) is 13.0 Å². The number of hydrogen-bond donors (Lipinski definition) is 3. The molecule has 0 fully saturated rings. The van der Waals surface area contributed by atoms with E-state index in [2.05, 4.69) is 10.6 Å². The third-order valence-corrected chi connectivity index (χ3v) is 6.03. The van der Waals surface area contributed by atoms with Crippen LogP contribution >= 0.6 is 11.3 Å². The molecule has 1 aromatic carbocycles. The van der Waals surface area contributed by atoms with E-state index in [0.717, 1.165) is 22.5 Å². The van der Waals surface area contributed by atoms with Crippen LogP contribution in [0, 0.1) is 13.8 Å². The number of hydrogen-bond acceptors (Lipinski definition) is 5. The van der Waals surface area contributed by atoms with Gasteiger partial charge in [-0.3, -0.25) is 4.79 Å². The minimum absolute atomic E-state index is 0.00317. The molecule has 7 nitrogen and oxygen atoms in total. The number of rotatable bonds is 5. The van der Waals surface area contributed by atoms with Crippen LogP contribution in [-0.2, 0) is 21.4 Å². The first kappa shape index (κ1) is 18.9. The molecule has 0 spiro atoms. The van der Waals surface area contributed by atoms with Gasteiger partial charge in [-0.1, -0.05) is 6.07 Å². The van der Waals surface area contributed by atoms with E-state index in [4.69, 9.17) is 0 Å². The Labute approximate surface area is 150 Å². The summed E-state index contributed by atoms with van der Waals surface area (Å²) in [6.07, 6.45) is 0. The molecule has 0 aliphatic heterocycles. The highest BCUT2D eigenvalue weighted by Gasteiger charge is 2.20. The molecule has 25 heavy (non-hydrogen) atoms. The molecule has 0 bridgehead atoms. The Kier molecular flexibility index (Phi) is 5.81. The molecule has 0 aliphatic carbocycles. The van der Waals surface area contributed by atoms with Crippen LogP contribution in [0.4, 0.5) is 10.5 Å². The summed E-state index contributed by atoms with van der Waals surface area (Å²) >= 11 is 0.990. The smallest absolute Gasteiger partial charge is 0.333 e. The van der Waals surface area contributed by atoms with E-state index in [1.54, 1.807) is 18.2 Å². The van der Waals surface area contributed by atoms with Gasteiger partial charge in [0, 0.05) is 17.5 Å². The van der Waals surface area contributed by atoms with Crippen LogP contribution in [0.3, 0.4) is 0 Å². The largest absolute Gasteiger partial charge is 0.351 e. The predicted octanol–water partition coefficient (Wildman–Crippen LogP) is 2.51. The number of amides is 3. The number of urea groups is 1. The zero-order valence-corrected chi connectivity index (χ0v) is 15.7. The van der Waals surface area contributed by atoms with Crippen LogP contribution in [0.1, 0.15) is 22.9 Å². The lowest BCUT2D eigenvalue weighted by Crippen LogP contribution is -2.34. The maximum atomic E-state index is 12.3. The fourth-order valence-corrected chi connectivity index (χ4v) is 4.39. The Hall–Kier alpha value is -2.39. The van der Waals surface area contributed by atoms with Crippen LogP contribution in [0.15, 0.2) is 34.5 Å². The molecule has 2 aromatic rings. The summed E-state index contributed by atoms with van der Waals surface area (Å²) in [4.78, 5) is 23.6. The van der Waals surface area contributed by atoms with Gasteiger partial charge in [-0.15, -0.1) is 11.3 Å². The Morgan fingerprint density at radius 2 is 1.72 bits per heavy atom. The van der Waals surface area contributed by atoms with Crippen molar-refractivity contribution in [2.24, 2.45) is 0 Å². The average Bonchev–Trinajstić information content (AvgIpc) is 2.92. The van der Waals surface area contributed by atoms with Gasteiger partial charge < -0.3 is 10.6 Å². The van der Waals surface area contributed by atoms with Crippen LogP contribution in [-0.4, -0.2) is 20.4 Å². The van der Waals surface area contributed by atoms with Gasteiger partial charge in [0.15, 0.2) is 0 Å². The molecule has 0 saturated heterocycles. The van der Waals surface area contributed by atoms with Gasteiger partial charge in [0.05, 0.1) is 6.54 Å². The molecule has 1 aromatic heterocycles. The lowest BCUT2D eigenvalue weighted by Gasteiger charge is -2.09. The van der Waals surface area contributed by atoms with E-state index < -0.39 is 16.1 Å². The minimum atomic E-state index is -3.97. The van der Waals surface area contributed by atoms with E-state index in [9.17, 15) is 18.0 Å². The molecule has 0 radical (unpaired) electrons. The first-order valence-electron chi connectivity index (χ1n) is 7.41. The van der Waals surface area contributed by atoms with Crippen molar-refractivity contribution < 1.29 is 18.0 Å². The SMILES string of the molecule is CC(=O)NCc1ccc(S(=O)(=O)NC(=O)Nc2cc(C)cc(C)c2)s1. The number of sulfonamides is 1. The molecule has 134 valence electrons. The van der Waals surface area contributed by atoms with Crippen LogP contribution in [0.2, 0.25) is 0 Å². The summed E-state index contributed by atoms with van der Waals surface area (Å²) in [5, 5.41) is 5.10. The van der Waals surface area contributed by atoms with Gasteiger partial charge in [-0.05, 0) is 49.2 Å². The molecule has 2 rings (SSSR count). The Morgan fingerprint density at radius 3 is 2.32 bits per heavy atom. The topological polar surface area (TPSA) is 104 Å². The van der Waals surface area contributed by atoms with Gasteiger partial charge in [-0.25, -0.2) is 17.9 Å². The number of anilines is 1. The summed E-state index contributed by atoms with van der Waals surface area (Å²) < 4.78 is 26.5. The summed E-state index contributed by atoms with van der Waals surface area (Å²) in [5.41, 5.74) is 2.43. The molecular weight excluding hydrogens is 362 g/mol. The lowest BCUT2D eigenvalue weighted by molar-refractivity contribution is -0.119. The van der Waals surface area contributed by atoms with Crippen molar-refractivity contribution in [3.8, 4) is 0 Å². The predicted molar refractivity (Wildman–Crippen MR) is 97.1 cm³/mol. The highest BCUT2D eigenvalue weighted by Crippen LogP contribution is 2.21. The second kappa shape index (κ2) is 7.66. The molecule has 1 heterocycles. The molecule has 3 N–H and O–H groups in total. The van der Waals surface area contributed by atoms with Crippen molar-refractivity contribution in [1.82, 2.24) is 10.0 Å². The second-order valence-corrected chi connectivity index (χ2v) is 8.64. The Bertz CT molecular complexity index is 884. The van der Waals surface area contributed by atoms with Crippen molar-refractivity contribution in [1.29, 1.82) is 0 Å². The maximum absolute atomic E-state index is 12.3. The number of nitrogens with one attached hydrogen (secondary N) is 3. The average molecular weight is 381 g/mol. The van der Waals surface area contributed by atoms with Crippen LogP contribution in [0.25, 0.3) is 0 Å². The minimum Gasteiger partial charge on any atom is -0.351 e. The van der Waals surface area contributed by atoms with Crippen LogP contribution in [0.5, 0.6) is 0 Å². The molecule has 0 aliphatic rings. The van der Waals surface area contributed by atoms with E-state index in [0.29, 0.717) is 10.6 Å². The molecule has 0 atom stereocenters. The molecule has 0 unspecified atom stereocenters. The fourth-order valence-electron chi connectivity index (χ4n) is 2.19. The highest BCUT2D eigenvalue weighted by atomic mass is 32.2. The van der Waals surface area contributed by atoms with Gasteiger partial charge >= 0.3 is 6.03 Å². The van der Waals surface area contributed by atoms with Crippen molar-refractivity contribution >= 4 is 39.0 Å². The van der Waals surface area contributed by atoms with Crippen molar-refractivity contribution in [3.05, 3.63) is 46.3 Å². The monoisotopic (exact) mass is 381 g/mol. The Balaban J connectivity index is 2.04. The Morgan fingerprint density at radius 1 is 1.08 bits per heavy atom. The first-order valence-corrected chi connectivity index (χ1v) is 9.71. The zero-order chi connectivity index (χ0) is 18.6. The quantitative estimate of drug-likeness (QED) is 0.740. The fraction of sp³-hybridized carbons (Fsp3) is 0.250. The third kappa shape index (κ3) is 5.57. The van der Waals surface area contributed by atoms with Crippen molar-refractivity contribution in [2.75, 3.05) is 5.32 Å². The second-order valence-electron chi connectivity index (χ2n) is 5.57. The molecule has 0 saturated carbocycles. The first-order chi connectivity index (χ1) is 11.7. The lowest BCUT2D eigenvalue weighted by atomic mass is 10.1. The maximum Gasteiger partial charge on any atom is 0.333 e. The summed E-state index contributed by atoms with van der Waals surface area (Å²) in [6, 6.07) is 7.60. The number of thiophene rings is 1. The normalized spacial score (nSPS) is 11.0. The summed E-state index contributed by atoms with van der Waals surface area (Å²) in [6.45, 7) is 5.39. The highest BCUT2D eigenvalue weighted by molar-refractivity contribution is 7.92. The van der Waals surface area contributed by atoms with Crippen molar-refractivity contribution in [3.63, 3.8) is 0 Å². The molecular formula is C16H19N3O4S2. The number of benzene rings is 1. The van der Waals surface area contributed by atoms with Gasteiger partial charge in [-0.2, -0.15) is 0 Å². The summed E-state index contributed by atoms with van der Waals surface area (Å²) in [5.74, 6) is -0.205. The van der Waals surface area contributed by atoms with E-state index in [1.807, 2.05) is 24.6 Å². The van der Waals surface area contributed by atoms with Gasteiger partial charge in [0.25, 0.3) is 10.0 Å². The van der Waals surface area contributed by atoms with E-state index in [-0.39, 0.29) is 16.7 Å². The third-order valence-electron chi connectivity index (χ3n) is 3.12. The zero-order valence-electron chi connectivity index (χ0n) is 14.0. The molecule has 3 amide bonds. The van der Waals surface area contributed by atoms with E-state index >= 15 is 0 Å². The molecule has 9 heteroatoms. The number of carbonyl (C=O) groups is 2. The number of carbonyl (C=O) groups excluding carboxylic acids is 2. The van der Waals surface area contributed by atoms with Gasteiger partial charge in [0.1, 0.15) is 4.21 Å². The standard InChI is InChI=1S/C16H19N3O4S2/c1-10-6-11(2)8-13(7-10)18-16(21)19-25(22,23)15-5-4-14(24-15)9-17-12(3)20/h4-8H,9H2,1-3H3,(H,17,20)(H2,18,19,21).